The van der Waals surface area contributed by atoms with E-state index in [2.05, 4.69) is 27.2 Å². The number of nitrogens with one attached hydrogen (secondary N) is 1. The lowest BCUT2D eigenvalue weighted by Gasteiger charge is -2.15. The van der Waals surface area contributed by atoms with Crippen molar-refractivity contribution in [2.24, 2.45) is 0 Å². The van der Waals surface area contributed by atoms with Gasteiger partial charge in [-0.3, -0.25) is 9.69 Å². The molecule has 0 saturated carbocycles. The molecule has 6 nitrogen and oxygen atoms in total. The zero-order valence-electron chi connectivity index (χ0n) is 11.6. The largest absolute Gasteiger partial charge is 0.369 e. The van der Waals surface area contributed by atoms with Gasteiger partial charge in [-0.15, -0.1) is 0 Å². The molecule has 2 heterocycles. The summed E-state index contributed by atoms with van der Waals surface area (Å²) in [7, 11) is 1.66. The van der Waals surface area contributed by atoms with Crippen LogP contribution in [0.5, 0.6) is 0 Å². The minimum absolute atomic E-state index is 0.238. The lowest BCUT2D eigenvalue weighted by Crippen LogP contribution is -2.28. The van der Waals surface area contributed by atoms with Gasteiger partial charge in [0.25, 0.3) is 5.91 Å². The first-order chi connectivity index (χ1) is 9.72. The topological polar surface area (TPSA) is 71.0 Å². The molecule has 2 rings (SSSR count). The average molecular weight is 271 g/mol. The Hall–Kier alpha value is -2.50. The Morgan fingerprint density at radius 2 is 2.10 bits per heavy atom. The van der Waals surface area contributed by atoms with E-state index in [0.29, 0.717) is 17.3 Å². The number of hydrogen-bond acceptors (Lipinski definition) is 5. The molecule has 0 fully saturated rings. The summed E-state index contributed by atoms with van der Waals surface area (Å²) in [5, 5.41) is 3.11. The zero-order valence-corrected chi connectivity index (χ0v) is 11.6. The summed E-state index contributed by atoms with van der Waals surface area (Å²) in [4.78, 5) is 26.1. The van der Waals surface area contributed by atoms with Gasteiger partial charge in [0.2, 0.25) is 0 Å². The van der Waals surface area contributed by atoms with E-state index in [4.69, 9.17) is 0 Å². The minimum atomic E-state index is -0.238. The highest BCUT2D eigenvalue weighted by Crippen LogP contribution is 2.10. The van der Waals surface area contributed by atoms with Crippen molar-refractivity contribution in [3.05, 3.63) is 42.5 Å². The number of nitrogens with zero attached hydrogens (tertiary/aromatic N) is 4. The third-order valence-electron chi connectivity index (χ3n) is 2.72. The van der Waals surface area contributed by atoms with Crippen LogP contribution >= 0.6 is 0 Å². The standard InChI is InChI=1S/C14H17N5O/c1-3-7-15-12-10-17-11(9-18-12)14(20)19(2)13-6-4-5-8-16-13/h4-6,8-10H,3,7H2,1-2H3,(H,15,18). The Balaban J connectivity index is 2.09. The molecule has 6 heteroatoms. The fourth-order valence-corrected chi connectivity index (χ4v) is 1.61. The third-order valence-corrected chi connectivity index (χ3v) is 2.72. The van der Waals surface area contributed by atoms with Gasteiger partial charge in [0.15, 0.2) is 0 Å². The highest BCUT2D eigenvalue weighted by atomic mass is 16.2. The van der Waals surface area contributed by atoms with Crippen LogP contribution in [0.25, 0.3) is 0 Å². The second-order valence-electron chi connectivity index (χ2n) is 4.27. The van der Waals surface area contributed by atoms with Crippen LogP contribution in [-0.2, 0) is 0 Å². The molecule has 0 saturated heterocycles. The molecule has 0 aliphatic heterocycles. The first kappa shape index (κ1) is 13.9. The lowest BCUT2D eigenvalue weighted by molar-refractivity contribution is 0.0987. The first-order valence-electron chi connectivity index (χ1n) is 6.47. The van der Waals surface area contributed by atoms with Gasteiger partial charge in [-0.2, -0.15) is 0 Å². The summed E-state index contributed by atoms with van der Waals surface area (Å²) in [6, 6.07) is 5.40. The van der Waals surface area contributed by atoms with E-state index >= 15 is 0 Å². The molecular weight excluding hydrogens is 254 g/mol. The van der Waals surface area contributed by atoms with Crippen LogP contribution in [0.2, 0.25) is 0 Å². The maximum absolute atomic E-state index is 12.2. The highest BCUT2D eigenvalue weighted by molar-refractivity contribution is 6.03. The molecule has 20 heavy (non-hydrogen) atoms. The summed E-state index contributed by atoms with van der Waals surface area (Å²) in [5.74, 6) is 1.01. The van der Waals surface area contributed by atoms with Crippen LogP contribution in [0.15, 0.2) is 36.8 Å². The van der Waals surface area contributed by atoms with Crippen molar-refractivity contribution in [3.63, 3.8) is 0 Å². The minimum Gasteiger partial charge on any atom is -0.369 e. The fourth-order valence-electron chi connectivity index (χ4n) is 1.61. The van der Waals surface area contributed by atoms with Crippen molar-refractivity contribution in [2.75, 3.05) is 23.8 Å². The zero-order chi connectivity index (χ0) is 14.4. The Bertz CT molecular complexity index is 556. The summed E-state index contributed by atoms with van der Waals surface area (Å²) >= 11 is 0. The van der Waals surface area contributed by atoms with Crippen LogP contribution in [0.3, 0.4) is 0 Å². The normalized spacial score (nSPS) is 10.1. The average Bonchev–Trinajstić information content (AvgIpc) is 2.53. The number of anilines is 2. The Morgan fingerprint density at radius 1 is 1.25 bits per heavy atom. The molecule has 1 amide bonds. The Morgan fingerprint density at radius 3 is 2.70 bits per heavy atom. The van der Waals surface area contributed by atoms with Crippen LogP contribution in [0.4, 0.5) is 11.6 Å². The Labute approximate surface area is 117 Å². The monoisotopic (exact) mass is 271 g/mol. The number of carbonyl (C=O) groups excluding carboxylic acids is 1. The summed E-state index contributed by atoms with van der Waals surface area (Å²) in [6.45, 7) is 2.90. The van der Waals surface area contributed by atoms with Crippen molar-refractivity contribution in [2.45, 2.75) is 13.3 Å². The third kappa shape index (κ3) is 3.28. The van der Waals surface area contributed by atoms with Gasteiger partial charge in [0.1, 0.15) is 17.3 Å². The van der Waals surface area contributed by atoms with Crippen molar-refractivity contribution < 1.29 is 4.79 Å². The van der Waals surface area contributed by atoms with Crippen LogP contribution in [-0.4, -0.2) is 34.5 Å². The van der Waals surface area contributed by atoms with Crippen molar-refractivity contribution >= 4 is 17.5 Å². The second-order valence-corrected chi connectivity index (χ2v) is 4.27. The SMILES string of the molecule is CCCNc1cnc(C(=O)N(C)c2ccccn2)cn1. The molecule has 0 aliphatic carbocycles. The first-order valence-corrected chi connectivity index (χ1v) is 6.47. The van der Waals surface area contributed by atoms with Gasteiger partial charge in [0.05, 0.1) is 12.4 Å². The molecule has 2 aromatic rings. The van der Waals surface area contributed by atoms with Crippen molar-refractivity contribution in [3.8, 4) is 0 Å². The number of aromatic nitrogens is 3. The van der Waals surface area contributed by atoms with Crippen LogP contribution in [0.1, 0.15) is 23.8 Å². The van der Waals surface area contributed by atoms with Gasteiger partial charge in [-0.1, -0.05) is 13.0 Å². The summed E-state index contributed by atoms with van der Waals surface area (Å²) < 4.78 is 0. The van der Waals surface area contributed by atoms with Gasteiger partial charge < -0.3 is 5.32 Å². The second kappa shape index (κ2) is 6.60. The molecule has 0 atom stereocenters. The van der Waals surface area contributed by atoms with Gasteiger partial charge in [0, 0.05) is 19.8 Å². The molecular formula is C14H17N5O. The molecule has 0 spiro atoms. The van der Waals surface area contributed by atoms with E-state index in [1.54, 1.807) is 31.6 Å². The fraction of sp³-hybridized carbons (Fsp3) is 0.286. The maximum Gasteiger partial charge on any atom is 0.279 e. The molecule has 0 aromatic carbocycles. The quantitative estimate of drug-likeness (QED) is 0.900. The molecule has 0 bridgehead atoms. The molecule has 0 radical (unpaired) electrons. The number of pyridine rings is 1. The molecule has 1 N–H and O–H groups in total. The summed E-state index contributed by atoms with van der Waals surface area (Å²) in [6.07, 6.45) is 5.68. The van der Waals surface area contributed by atoms with E-state index in [1.165, 1.54) is 11.1 Å². The molecule has 104 valence electrons. The number of hydrogen-bond donors (Lipinski definition) is 1. The smallest absolute Gasteiger partial charge is 0.279 e. The van der Waals surface area contributed by atoms with Gasteiger partial charge >= 0.3 is 0 Å². The predicted octanol–water partition coefficient (Wildman–Crippen LogP) is 1.97. The molecule has 2 aromatic heterocycles. The van der Waals surface area contributed by atoms with Crippen molar-refractivity contribution in [1.29, 1.82) is 0 Å². The Kier molecular flexibility index (Phi) is 4.60. The lowest BCUT2D eigenvalue weighted by atomic mass is 10.3. The molecule has 0 unspecified atom stereocenters. The van der Waals surface area contributed by atoms with Gasteiger partial charge in [-0.05, 0) is 18.6 Å². The van der Waals surface area contributed by atoms with E-state index in [-0.39, 0.29) is 5.91 Å². The van der Waals surface area contributed by atoms with Gasteiger partial charge in [-0.25, -0.2) is 15.0 Å². The van der Waals surface area contributed by atoms with Crippen molar-refractivity contribution in [1.82, 2.24) is 15.0 Å². The number of rotatable bonds is 5. The van der Waals surface area contributed by atoms with E-state index < -0.39 is 0 Å². The summed E-state index contributed by atoms with van der Waals surface area (Å²) in [5.41, 5.74) is 0.292. The van der Waals surface area contributed by atoms with Crippen LogP contribution in [0, 0.1) is 0 Å². The van der Waals surface area contributed by atoms with E-state index in [1.807, 2.05) is 6.07 Å². The highest BCUT2D eigenvalue weighted by Gasteiger charge is 2.15. The van der Waals surface area contributed by atoms with E-state index in [0.717, 1.165) is 13.0 Å². The number of amides is 1. The van der Waals surface area contributed by atoms with E-state index in [9.17, 15) is 4.79 Å². The predicted molar refractivity (Wildman–Crippen MR) is 77.8 cm³/mol. The van der Waals surface area contributed by atoms with Crippen LogP contribution < -0.4 is 10.2 Å². The molecule has 0 aliphatic rings. The number of carbonyl (C=O) groups is 1. The maximum atomic E-state index is 12.2.